The summed E-state index contributed by atoms with van der Waals surface area (Å²) in [7, 11) is 0. The summed E-state index contributed by atoms with van der Waals surface area (Å²) in [4.78, 5) is 9.13. The maximum atomic E-state index is 14.6. The van der Waals surface area contributed by atoms with Gasteiger partial charge in [-0.05, 0) is 66.8 Å². The van der Waals surface area contributed by atoms with Crippen molar-refractivity contribution in [3.8, 4) is 11.3 Å². The fourth-order valence-corrected chi connectivity index (χ4v) is 4.94. The Hall–Kier alpha value is -2.81. The predicted molar refractivity (Wildman–Crippen MR) is 118 cm³/mol. The number of aromatic nitrogens is 2. The summed E-state index contributed by atoms with van der Waals surface area (Å²) in [6.45, 7) is 3.65. The first-order valence-electron chi connectivity index (χ1n) is 10.6. The lowest BCUT2D eigenvalue weighted by atomic mass is 9.84. The van der Waals surface area contributed by atoms with E-state index in [0.717, 1.165) is 32.9 Å². The van der Waals surface area contributed by atoms with Crippen LogP contribution in [0.3, 0.4) is 0 Å². The molecule has 3 heteroatoms. The van der Waals surface area contributed by atoms with Crippen LogP contribution in [0.4, 0.5) is 4.39 Å². The number of fused-ring (bicyclic) bond motifs is 3. The van der Waals surface area contributed by atoms with Gasteiger partial charge < -0.3 is 0 Å². The van der Waals surface area contributed by atoms with Gasteiger partial charge in [0, 0.05) is 16.3 Å². The Morgan fingerprint density at radius 3 is 2.41 bits per heavy atom. The van der Waals surface area contributed by atoms with Gasteiger partial charge in [0.2, 0.25) is 0 Å². The van der Waals surface area contributed by atoms with Gasteiger partial charge in [-0.25, -0.2) is 14.4 Å². The van der Waals surface area contributed by atoms with E-state index >= 15 is 0 Å². The Bertz CT molecular complexity index is 1210. The molecule has 0 atom stereocenters. The second kappa shape index (κ2) is 7.22. The van der Waals surface area contributed by atoms with Gasteiger partial charge in [-0.2, -0.15) is 0 Å². The summed E-state index contributed by atoms with van der Waals surface area (Å²) < 4.78 is 14.6. The average Bonchev–Trinajstić information content (AvgIpc) is 2.77. The summed E-state index contributed by atoms with van der Waals surface area (Å²) >= 11 is 0. The largest absolute Gasteiger partial charge is 0.236 e. The monoisotopic (exact) mass is 384 g/mol. The smallest absolute Gasteiger partial charge is 0.129 e. The van der Waals surface area contributed by atoms with Crippen LogP contribution in [0.15, 0.2) is 48.8 Å². The van der Waals surface area contributed by atoms with E-state index in [0.29, 0.717) is 17.0 Å². The molecule has 29 heavy (non-hydrogen) atoms. The van der Waals surface area contributed by atoms with Crippen molar-refractivity contribution in [3.05, 3.63) is 71.3 Å². The summed E-state index contributed by atoms with van der Waals surface area (Å²) in [6, 6.07) is 14.9. The molecule has 1 aliphatic rings. The lowest BCUT2D eigenvalue weighted by Gasteiger charge is -2.22. The van der Waals surface area contributed by atoms with Crippen LogP contribution in [0, 0.1) is 19.7 Å². The predicted octanol–water partition coefficient (Wildman–Crippen LogP) is 7.25. The van der Waals surface area contributed by atoms with Crippen LogP contribution in [0.2, 0.25) is 0 Å². The first kappa shape index (κ1) is 18.2. The molecule has 1 heterocycles. The minimum Gasteiger partial charge on any atom is -0.236 e. The summed E-state index contributed by atoms with van der Waals surface area (Å²) in [6.07, 6.45) is 8.24. The number of nitrogens with zero attached hydrogens (tertiary/aromatic N) is 2. The maximum absolute atomic E-state index is 14.6. The van der Waals surface area contributed by atoms with Crippen LogP contribution in [0.25, 0.3) is 32.9 Å². The van der Waals surface area contributed by atoms with Gasteiger partial charge in [0.1, 0.15) is 12.1 Å². The van der Waals surface area contributed by atoms with E-state index < -0.39 is 0 Å². The zero-order valence-corrected chi connectivity index (χ0v) is 17.0. The molecule has 4 aromatic rings. The molecular weight excluding hydrogens is 359 g/mol. The third kappa shape index (κ3) is 3.09. The maximum Gasteiger partial charge on any atom is 0.129 e. The zero-order chi connectivity index (χ0) is 20.0. The molecule has 0 spiro atoms. The fraction of sp³-hybridized carbons (Fsp3) is 0.308. The first-order chi connectivity index (χ1) is 14.1. The lowest BCUT2D eigenvalue weighted by molar-refractivity contribution is 0.443. The normalized spacial score (nSPS) is 15.3. The standard InChI is InChI=1S/C26H25FN2/c1-16-14-21-12-13-22-25(28-15-29-26(22)23(21)17(2)24(16)27)20-10-8-19(9-11-20)18-6-4-3-5-7-18/h8-15,18H,3-7H2,1-2H3. The number of halogens is 1. The summed E-state index contributed by atoms with van der Waals surface area (Å²) in [5, 5.41) is 2.87. The number of aryl methyl sites for hydroxylation is 2. The third-order valence-electron chi connectivity index (χ3n) is 6.52. The van der Waals surface area contributed by atoms with E-state index in [1.165, 1.54) is 37.7 Å². The summed E-state index contributed by atoms with van der Waals surface area (Å²) in [5.74, 6) is 0.541. The Morgan fingerprint density at radius 1 is 0.897 bits per heavy atom. The fourth-order valence-electron chi connectivity index (χ4n) is 4.94. The Balaban J connectivity index is 1.64. The van der Waals surface area contributed by atoms with E-state index in [-0.39, 0.29) is 5.82 Å². The number of benzene rings is 3. The van der Waals surface area contributed by atoms with Crippen molar-refractivity contribution >= 4 is 21.7 Å². The Morgan fingerprint density at radius 2 is 1.66 bits per heavy atom. The van der Waals surface area contributed by atoms with Gasteiger partial charge in [0.25, 0.3) is 0 Å². The zero-order valence-electron chi connectivity index (χ0n) is 17.0. The van der Waals surface area contributed by atoms with Crippen molar-refractivity contribution < 1.29 is 4.39 Å². The van der Waals surface area contributed by atoms with Crippen molar-refractivity contribution in [2.24, 2.45) is 0 Å². The van der Waals surface area contributed by atoms with E-state index in [4.69, 9.17) is 0 Å². The molecule has 1 fully saturated rings. The molecule has 0 aliphatic heterocycles. The average molecular weight is 384 g/mol. The van der Waals surface area contributed by atoms with Gasteiger partial charge in [-0.15, -0.1) is 0 Å². The van der Waals surface area contributed by atoms with Gasteiger partial charge in [0.15, 0.2) is 0 Å². The van der Waals surface area contributed by atoms with Crippen LogP contribution in [0.5, 0.6) is 0 Å². The molecule has 3 aromatic carbocycles. The highest BCUT2D eigenvalue weighted by atomic mass is 19.1. The van der Waals surface area contributed by atoms with Gasteiger partial charge >= 0.3 is 0 Å². The molecule has 2 nitrogen and oxygen atoms in total. The molecule has 0 unspecified atom stereocenters. The molecule has 5 rings (SSSR count). The minimum absolute atomic E-state index is 0.151. The van der Waals surface area contributed by atoms with Crippen LogP contribution >= 0.6 is 0 Å². The molecular formula is C26H25FN2. The Labute approximate surface area is 170 Å². The van der Waals surface area contributed by atoms with Gasteiger partial charge in [-0.1, -0.05) is 49.6 Å². The van der Waals surface area contributed by atoms with Crippen molar-refractivity contribution in [2.75, 3.05) is 0 Å². The number of rotatable bonds is 2. The van der Waals surface area contributed by atoms with Gasteiger partial charge in [0.05, 0.1) is 11.2 Å². The first-order valence-corrected chi connectivity index (χ1v) is 10.6. The highest BCUT2D eigenvalue weighted by Gasteiger charge is 2.17. The van der Waals surface area contributed by atoms with Crippen LogP contribution in [-0.2, 0) is 0 Å². The molecule has 1 aromatic heterocycles. The van der Waals surface area contributed by atoms with E-state index in [9.17, 15) is 4.39 Å². The molecule has 0 N–H and O–H groups in total. The SMILES string of the molecule is Cc1cc2ccc3c(-c4ccc(C5CCCCC5)cc4)ncnc3c2c(C)c1F. The molecule has 0 amide bonds. The van der Waals surface area contributed by atoms with Crippen LogP contribution in [0.1, 0.15) is 54.7 Å². The van der Waals surface area contributed by atoms with E-state index in [1.54, 1.807) is 6.33 Å². The lowest BCUT2D eigenvalue weighted by Crippen LogP contribution is -2.04. The third-order valence-corrected chi connectivity index (χ3v) is 6.52. The molecule has 1 aliphatic carbocycles. The van der Waals surface area contributed by atoms with E-state index in [1.807, 2.05) is 19.9 Å². The number of hydrogen-bond donors (Lipinski definition) is 0. The van der Waals surface area contributed by atoms with Crippen molar-refractivity contribution in [2.45, 2.75) is 51.9 Å². The highest BCUT2D eigenvalue weighted by molar-refractivity contribution is 6.10. The molecule has 0 bridgehead atoms. The van der Waals surface area contributed by atoms with E-state index in [2.05, 4.69) is 46.4 Å². The molecule has 146 valence electrons. The van der Waals surface area contributed by atoms with Crippen LogP contribution in [-0.4, -0.2) is 9.97 Å². The molecule has 1 saturated carbocycles. The van der Waals surface area contributed by atoms with Gasteiger partial charge in [-0.3, -0.25) is 0 Å². The highest BCUT2D eigenvalue weighted by Crippen LogP contribution is 2.36. The van der Waals surface area contributed by atoms with Crippen LogP contribution < -0.4 is 0 Å². The topological polar surface area (TPSA) is 25.8 Å². The van der Waals surface area contributed by atoms with Crippen molar-refractivity contribution in [1.29, 1.82) is 0 Å². The van der Waals surface area contributed by atoms with Crippen molar-refractivity contribution in [3.63, 3.8) is 0 Å². The quantitative estimate of drug-likeness (QED) is 0.340. The second-order valence-electron chi connectivity index (χ2n) is 8.37. The molecule has 0 radical (unpaired) electrons. The number of hydrogen-bond acceptors (Lipinski definition) is 2. The second-order valence-corrected chi connectivity index (χ2v) is 8.37. The van der Waals surface area contributed by atoms with Crippen molar-refractivity contribution in [1.82, 2.24) is 9.97 Å². The molecule has 0 saturated heterocycles. The minimum atomic E-state index is -0.151. The Kier molecular flexibility index (Phi) is 4.54. The summed E-state index contributed by atoms with van der Waals surface area (Å²) in [5.41, 5.74) is 5.57.